The van der Waals surface area contributed by atoms with Crippen molar-refractivity contribution in [2.75, 3.05) is 0 Å². The monoisotopic (exact) mass is 210 g/mol. The molecule has 0 radical (unpaired) electrons. The third-order valence-electron chi connectivity index (χ3n) is 3.34. The normalized spacial score (nSPS) is 15.5. The van der Waals surface area contributed by atoms with Gasteiger partial charge in [0.2, 0.25) is 0 Å². The second-order valence-corrected chi connectivity index (χ2v) is 5.16. The molecule has 15 heavy (non-hydrogen) atoms. The van der Waals surface area contributed by atoms with Gasteiger partial charge in [0.15, 0.2) is 0 Å². The van der Waals surface area contributed by atoms with Crippen LogP contribution in [0, 0.1) is 5.92 Å². The van der Waals surface area contributed by atoms with E-state index in [1.54, 1.807) is 6.92 Å². The molecule has 0 aliphatic heterocycles. The lowest BCUT2D eigenvalue weighted by Gasteiger charge is -2.01. The van der Waals surface area contributed by atoms with Crippen molar-refractivity contribution in [1.29, 1.82) is 0 Å². The summed E-state index contributed by atoms with van der Waals surface area (Å²) >= 11 is 0. The molecule has 0 aromatic rings. The summed E-state index contributed by atoms with van der Waals surface area (Å²) in [6, 6.07) is 0. The molecule has 1 rings (SSSR count). The smallest absolute Gasteiger partial charge is 0.129 e. The fraction of sp³-hybridized carbons (Fsp3) is 0.929. The Bertz CT molecular complexity index is 170. The Morgan fingerprint density at radius 3 is 2.00 bits per heavy atom. The molecule has 0 atom stereocenters. The van der Waals surface area contributed by atoms with Gasteiger partial charge >= 0.3 is 0 Å². The second kappa shape index (κ2) is 7.90. The van der Waals surface area contributed by atoms with Gasteiger partial charge in [-0.1, -0.05) is 57.8 Å². The van der Waals surface area contributed by atoms with Crippen LogP contribution in [0.3, 0.4) is 0 Å². The number of hydrogen-bond acceptors (Lipinski definition) is 1. The van der Waals surface area contributed by atoms with E-state index in [0.717, 1.165) is 18.8 Å². The zero-order valence-corrected chi connectivity index (χ0v) is 10.3. The standard InChI is InChI=1S/C14H26O/c1-13(15)9-7-5-3-2-4-6-8-10-14-11-12-14/h14H,2-12H2,1H3. The molecule has 1 aliphatic rings. The van der Waals surface area contributed by atoms with Crippen LogP contribution in [0.2, 0.25) is 0 Å². The van der Waals surface area contributed by atoms with Crippen molar-refractivity contribution in [3.8, 4) is 0 Å². The predicted molar refractivity (Wildman–Crippen MR) is 65.0 cm³/mol. The van der Waals surface area contributed by atoms with Gasteiger partial charge in [-0.05, 0) is 19.3 Å². The van der Waals surface area contributed by atoms with Gasteiger partial charge in [0.05, 0.1) is 0 Å². The van der Waals surface area contributed by atoms with E-state index in [1.165, 1.54) is 57.8 Å². The Morgan fingerprint density at radius 2 is 1.47 bits per heavy atom. The molecule has 1 aliphatic carbocycles. The van der Waals surface area contributed by atoms with Gasteiger partial charge in [0.25, 0.3) is 0 Å². The Labute approximate surface area is 94.6 Å². The molecule has 0 unspecified atom stereocenters. The SMILES string of the molecule is CC(=O)CCCCCCCCCC1CC1. The van der Waals surface area contributed by atoms with Crippen LogP contribution in [0.4, 0.5) is 0 Å². The number of unbranched alkanes of at least 4 members (excludes halogenated alkanes) is 6. The summed E-state index contributed by atoms with van der Waals surface area (Å²) in [6.07, 6.45) is 14.7. The molecule has 0 saturated heterocycles. The first-order chi connectivity index (χ1) is 7.29. The van der Waals surface area contributed by atoms with Crippen LogP contribution in [0.5, 0.6) is 0 Å². The van der Waals surface area contributed by atoms with E-state index in [0.29, 0.717) is 5.78 Å². The van der Waals surface area contributed by atoms with Crippen molar-refractivity contribution in [2.45, 2.75) is 77.6 Å². The van der Waals surface area contributed by atoms with Crippen LogP contribution in [0.1, 0.15) is 77.6 Å². The highest BCUT2D eigenvalue weighted by Gasteiger charge is 2.19. The minimum absolute atomic E-state index is 0.347. The molecule has 0 spiro atoms. The van der Waals surface area contributed by atoms with Gasteiger partial charge in [-0.25, -0.2) is 0 Å². The predicted octanol–water partition coefficient (Wildman–Crippen LogP) is 4.50. The third-order valence-corrected chi connectivity index (χ3v) is 3.34. The van der Waals surface area contributed by atoms with E-state index in [2.05, 4.69) is 0 Å². The highest BCUT2D eigenvalue weighted by atomic mass is 16.1. The van der Waals surface area contributed by atoms with Crippen molar-refractivity contribution in [3.63, 3.8) is 0 Å². The van der Waals surface area contributed by atoms with E-state index < -0.39 is 0 Å². The van der Waals surface area contributed by atoms with Gasteiger partial charge in [-0.3, -0.25) is 0 Å². The largest absolute Gasteiger partial charge is 0.300 e. The molecule has 0 bridgehead atoms. The average Bonchev–Trinajstić information content (AvgIpc) is 2.98. The maximum Gasteiger partial charge on any atom is 0.129 e. The zero-order valence-electron chi connectivity index (χ0n) is 10.3. The zero-order chi connectivity index (χ0) is 10.9. The Hall–Kier alpha value is -0.330. The summed E-state index contributed by atoms with van der Waals surface area (Å²) < 4.78 is 0. The Morgan fingerprint density at radius 1 is 0.933 bits per heavy atom. The lowest BCUT2D eigenvalue weighted by molar-refractivity contribution is -0.117. The topological polar surface area (TPSA) is 17.1 Å². The lowest BCUT2D eigenvalue weighted by Crippen LogP contribution is -1.89. The van der Waals surface area contributed by atoms with E-state index >= 15 is 0 Å². The van der Waals surface area contributed by atoms with Crippen LogP contribution in [0.25, 0.3) is 0 Å². The lowest BCUT2D eigenvalue weighted by atomic mass is 10.1. The van der Waals surface area contributed by atoms with Crippen LogP contribution in [0.15, 0.2) is 0 Å². The molecule has 0 N–H and O–H groups in total. The van der Waals surface area contributed by atoms with E-state index in [9.17, 15) is 4.79 Å². The molecule has 1 nitrogen and oxygen atoms in total. The molecular weight excluding hydrogens is 184 g/mol. The molecule has 0 aromatic heterocycles. The maximum atomic E-state index is 10.7. The first-order valence-electron chi connectivity index (χ1n) is 6.78. The van der Waals surface area contributed by atoms with Crippen LogP contribution >= 0.6 is 0 Å². The van der Waals surface area contributed by atoms with Gasteiger partial charge in [-0.2, -0.15) is 0 Å². The van der Waals surface area contributed by atoms with Crippen molar-refractivity contribution in [3.05, 3.63) is 0 Å². The van der Waals surface area contributed by atoms with Gasteiger partial charge in [-0.15, -0.1) is 0 Å². The fourth-order valence-corrected chi connectivity index (χ4v) is 2.10. The molecule has 88 valence electrons. The van der Waals surface area contributed by atoms with Crippen molar-refractivity contribution in [2.24, 2.45) is 5.92 Å². The number of Topliss-reactive ketones (excluding diaryl/α,β-unsaturated/α-hetero) is 1. The number of ketones is 1. The first kappa shape index (κ1) is 12.7. The molecule has 0 aromatic carbocycles. The quantitative estimate of drug-likeness (QED) is 0.485. The Kier molecular flexibility index (Phi) is 6.71. The van der Waals surface area contributed by atoms with E-state index in [-0.39, 0.29) is 0 Å². The summed E-state index contributed by atoms with van der Waals surface area (Å²) in [4.78, 5) is 10.7. The van der Waals surface area contributed by atoms with Crippen molar-refractivity contribution < 1.29 is 4.79 Å². The fourth-order valence-electron chi connectivity index (χ4n) is 2.10. The summed E-state index contributed by atoms with van der Waals surface area (Å²) in [5, 5.41) is 0. The highest BCUT2D eigenvalue weighted by Crippen LogP contribution is 2.34. The number of hydrogen-bond donors (Lipinski definition) is 0. The molecular formula is C14H26O. The molecule has 1 fully saturated rings. The minimum atomic E-state index is 0.347. The molecule has 0 heterocycles. The van der Waals surface area contributed by atoms with E-state index in [1.807, 2.05) is 0 Å². The third kappa shape index (κ3) is 8.65. The van der Waals surface area contributed by atoms with Gasteiger partial charge in [0.1, 0.15) is 5.78 Å². The van der Waals surface area contributed by atoms with Gasteiger partial charge < -0.3 is 4.79 Å². The Balaban J connectivity index is 1.67. The van der Waals surface area contributed by atoms with E-state index in [4.69, 9.17) is 0 Å². The summed E-state index contributed by atoms with van der Waals surface area (Å²) in [7, 11) is 0. The first-order valence-corrected chi connectivity index (χ1v) is 6.78. The average molecular weight is 210 g/mol. The molecule has 1 saturated carbocycles. The van der Waals surface area contributed by atoms with Crippen LogP contribution in [-0.2, 0) is 4.79 Å². The number of carbonyl (C=O) groups excluding carboxylic acids is 1. The second-order valence-electron chi connectivity index (χ2n) is 5.16. The van der Waals surface area contributed by atoms with Gasteiger partial charge in [0, 0.05) is 6.42 Å². The summed E-state index contributed by atoms with van der Waals surface area (Å²) in [6.45, 7) is 1.69. The minimum Gasteiger partial charge on any atom is -0.300 e. The van der Waals surface area contributed by atoms with Crippen LogP contribution < -0.4 is 0 Å². The highest BCUT2D eigenvalue weighted by molar-refractivity contribution is 5.75. The van der Waals surface area contributed by atoms with Crippen LogP contribution in [-0.4, -0.2) is 5.78 Å². The van der Waals surface area contributed by atoms with Crippen molar-refractivity contribution >= 4 is 5.78 Å². The number of carbonyl (C=O) groups is 1. The summed E-state index contributed by atoms with van der Waals surface area (Å²) in [5.74, 6) is 1.46. The molecule has 1 heteroatoms. The van der Waals surface area contributed by atoms with Crippen molar-refractivity contribution in [1.82, 2.24) is 0 Å². The maximum absolute atomic E-state index is 10.7. The summed E-state index contributed by atoms with van der Waals surface area (Å²) in [5.41, 5.74) is 0. The molecule has 0 amide bonds. The number of rotatable bonds is 10.